The van der Waals surface area contributed by atoms with Crippen LogP contribution in [0.2, 0.25) is 0 Å². The number of hydrogen-bond acceptors (Lipinski definition) is 8. The van der Waals surface area contributed by atoms with Crippen LogP contribution in [0.3, 0.4) is 0 Å². The molecule has 0 aliphatic carbocycles. The van der Waals surface area contributed by atoms with Crippen LogP contribution in [0.1, 0.15) is 5.56 Å². The highest BCUT2D eigenvalue weighted by atomic mass is 16.7. The zero-order valence-electron chi connectivity index (χ0n) is 14.7. The lowest BCUT2D eigenvalue weighted by Gasteiger charge is -2.38. The zero-order chi connectivity index (χ0) is 19.1. The van der Waals surface area contributed by atoms with Gasteiger partial charge in [0.25, 0.3) is 17.2 Å². The summed E-state index contributed by atoms with van der Waals surface area (Å²) in [5.41, 5.74) is -0.581. The summed E-state index contributed by atoms with van der Waals surface area (Å²) >= 11 is 0. The molecule has 1 aromatic rings. The highest BCUT2D eigenvalue weighted by Gasteiger charge is 2.61. The van der Waals surface area contributed by atoms with Crippen molar-refractivity contribution < 1.29 is 29.0 Å². The fourth-order valence-corrected chi connectivity index (χ4v) is 3.56. The third kappa shape index (κ3) is 2.80. The fourth-order valence-electron chi connectivity index (χ4n) is 3.56. The molecule has 10 heteroatoms. The van der Waals surface area contributed by atoms with Crippen LogP contribution >= 0.6 is 0 Å². The van der Waals surface area contributed by atoms with Gasteiger partial charge in [-0.15, -0.1) is 0 Å². The summed E-state index contributed by atoms with van der Waals surface area (Å²) < 4.78 is 16.7. The summed E-state index contributed by atoms with van der Waals surface area (Å²) in [6, 6.07) is 7.11. The molecule has 0 atom stereocenters. The van der Waals surface area contributed by atoms with E-state index in [0.717, 1.165) is 0 Å². The molecular formula is C17H21N3O7. The molecule has 2 saturated heterocycles. The Balaban J connectivity index is 1.63. The van der Waals surface area contributed by atoms with Gasteiger partial charge < -0.3 is 19.3 Å². The second kappa shape index (κ2) is 6.80. The van der Waals surface area contributed by atoms with Crippen molar-refractivity contribution in [2.24, 2.45) is 0 Å². The molecule has 0 bridgehead atoms. The molecule has 10 nitrogen and oxygen atoms in total. The van der Waals surface area contributed by atoms with E-state index in [-0.39, 0.29) is 0 Å². The first-order valence-corrected chi connectivity index (χ1v) is 8.77. The van der Waals surface area contributed by atoms with E-state index in [1.165, 1.54) is 0 Å². The Bertz CT molecular complexity index is 742. The predicted molar refractivity (Wildman–Crippen MR) is 91.6 cm³/mol. The maximum Gasteiger partial charge on any atom is 0.293 e. The molecule has 3 heterocycles. The Kier molecular flexibility index (Phi) is 4.60. The molecule has 0 unspecified atom stereocenters. The van der Waals surface area contributed by atoms with Crippen molar-refractivity contribution in [2.75, 3.05) is 57.7 Å². The number of benzene rings is 1. The highest BCUT2D eigenvalue weighted by Crippen LogP contribution is 2.46. The summed E-state index contributed by atoms with van der Waals surface area (Å²) in [7, 11) is 0. The normalized spacial score (nSPS) is 31.3. The van der Waals surface area contributed by atoms with Gasteiger partial charge in [0, 0.05) is 23.6 Å². The van der Waals surface area contributed by atoms with Gasteiger partial charge in [0.15, 0.2) is 0 Å². The van der Waals surface area contributed by atoms with Crippen LogP contribution in [0, 0.1) is 10.1 Å². The number of para-hydroxylation sites is 1. The molecule has 0 radical (unpaired) electrons. The number of morpholine rings is 1. The average Bonchev–Trinajstić information content (AvgIpc) is 2.93. The Morgan fingerprint density at radius 3 is 2.48 bits per heavy atom. The number of aliphatic hydroxyl groups excluding tert-OH is 1. The Hall–Kier alpha value is -2.11. The van der Waals surface area contributed by atoms with Crippen molar-refractivity contribution in [1.29, 1.82) is 0 Å². The van der Waals surface area contributed by atoms with Crippen molar-refractivity contribution in [2.45, 2.75) is 11.3 Å². The number of carbonyl (C=O) groups excluding carboxylic acids is 1. The van der Waals surface area contributed by atoms with Crippen LogP contribution in [-0.4, -0.2) is 79.2 Å². The van der Waals surface area contributed by atoms with E-state index < -0.39 is 42.0 Å². The van der Waals surface area contributed by atoms with E-state index in [4.69, 9.17) is 14.2 Å². The minimum Gasteiger partial charge on any atom is -0.389 e. The highest BCUT2D eigenvalue weighted by molar-refractivity contribution is 6.06. The molecule has 1 amide bonds. The second-order valence-corrected chi connectivity index (χ2v) is 6.96. The van der Waals surface area contributed by atoms with Gasteiger partial charge in [-0.25, -0.2) is 0 Å². The van der Waals surface area contributed by atoms with Crippen LogP contribution in [0.5, 0.6) is 0 Å². The number of amides is 1. The van der Waals surface area contributed by atoms with Crippen LogP contribution in [0.25, 0.3) is 0 Å². The third-order valence-corrected chi connectivity index (χ3v) is 5.29. The van der Waals surface area contributed by atoms with Crippen molar-refractivity contribution in [3.8, 4) is 0 Å². The SMILES string of the molecule is O=C1N(CN2CCOCC2)c2ccccc2C12OCC(CO)([N+](=O)[O-])CO2. The molecule has 1 aromatic carbocycles. The van der Waals surface area contributed by atoms with E-state index in [2.05, 4.69) is 4.90 Å². The Morgan fingerprint density at radius 2 is 1.85 bits per heavy atom. The molecule has 1 spiro atoms. The lowest BCUT2D eigenvalue weighted by atomic mass is 10.00. The maximum atomic E-state index is 13.3. The Labute approximate surface area is 155 Å². The summed E-state index contributed by atoms with van der Waals surface area (Å²) in [5, 5.41) is 20.8. The van der Waals surface area contributed by atoms with Crippen molar-refractivity contribution in [3.05, 3.63) is 39.9 Å². The number of hydrogen-bond donors (Lipinski definition) is 1. The predicted octanol–water partition coefficient (Wildman–Crippen LogP) is -0.470. The molecule has 1 N–H and O–H groups in total. The molecule has 0 aromatic heterocycles. The number of anilines is 1. The molecule has 3 aliphatic heterocycles. The first-order valence-electron chi connectivity index (χ1n) is 8.77. The monoisotopic (exact) mass is 379 g/mol. The largest absolute Gasteiger partial charge is 0.389 e. The van der Waals surface area contributed by atoms with Gasteiger partial charge in [0.2, 0.25) is 0 Å². The number of nitrogens with zero attached hydrogens (tertiary/aromatic N) is 3. The summed E-state index contributed by atoms with van der Waals surface area (Å²) in [6.07, 6.45) is 0. The van der Waals surface area contributed by atoms with E-state index in [1.807, 2.05) is 6.07 Å². The van der Waals surface area contributed by atoms with E-state index in [1.54, 1.807) is 23.1 Å². The van der Waals surface area contributed by atoms with Crippen LogP contribution < -0.4 is 4.90 Å². The van der Waals surface area contributed by atoms with Gasteiger partial charge in [0.1, 0.15) is 19.8 Å². The van der Waals surface area contributed by atoms with E-state index in [9.17, 15) is 20.0 Å². The van der Waals surface area contributed by atoms with Gasteiger partial charge in [-0.3, -0.25) is 24.7 Å². The Morgan fingerprint density at radius 1 is 1.19 bits per heavy atom. The lowest BCUT2D eigenvalue weighted by molar-refractivity contribution is -0.598. The van der Waals surface area contributed by atoms with Gasteiger partial charge in [0.05, 0.1) is 25.6 Å². The summed E-state index contributed by atoms with van der Waals surface area (Å²) in [5.74, 6) is -2.12. The van der Waals surface area contributed by atoms with Gasteiger partial charge in [-0.1, -0.05) is 18.2 Å². The van der Waals surface area contributed by atoms with Crippen molar-refractivity contribution >= 4 is 11.6 Å². The smallest absolute Gasteiger partial charge is 0.293 e. The third-order valence-electron chi connectivity index (χ3n) is 5.29. The van der Waals surface area contributed by atoms with Gasteiger partial charge in [-0.05, 0) is 6.07 Å². The second-order valence-electron chi connectivity index (χ2n) is 6.96. The number of fused-ring (bicyclic) bond motifs is 2. The summed E-state index contributed by atoms with van der Waals surface area (Å²) in [6.45, 7) is 1.40. The van der Waals surface area contributed by atoms with Crippen molar-refractivity contribution in [3.63, 3.8) is 0 Å². The summed E-state index contributed by atoms with van der Waals surface area (Å²) in [4.78, 5) is 27.7. The van der Waals surface area contributed by atoms with Crippen LogP contribution in [0.15, 0.2) is 24.3 Å². The molecule has 0 saturated carbocycles. The van der Waals surface area contributed by atoms with Crippen molar-refractivity contribution in [1.82, 2.24) is 4.90 Å². The van der Waals surface area contributed by atoms with Gasteiger partial charge in [-0.2, -0.15) is 0 Å². The minimum atomic E-state index is -1.77. The zero-order valence-corrected chi connectivity index (χ0v) is 14.7. The van der Waals surface area contributed by atoms with Crippen LogP contribution in [-0.2, 0) is 24.8 Å². The number of carbonyl (C=O) groups is 1. The number of nitro groups is 1. The molecule has 27 heavy (non-hydrogen) atoms. The molecule has 146 valence electrons. The minimum absolute atomic E-state index is 0.355. The number of rotatable bonds is 4. The number of ether oxygens (including phenoxy) is 3. The standard InChI is InChI=1S/C17H21N3O7/c21-9-16(20(23)24)10-26-17(27-11-16)13-3-1-2-4-14(13)19(15(17)22)12-18-5-7-25-8-6-18/h1-4,21H,5-12H2. The van der Waals surface area contributed by atoms with Crippen LogP contribution in [0.4, 0.5) is 5.69 Å². The van der Waals surface area contributed by atoms with E-state index >= 15 is 0 Å². The first-order chi connectivity index (χ1) is 13.0. The van der Waals surface area contributed by atoms with E-state index in [0.29, 0.717) is 44.2 Å². The number of aliphatic hydroxyl groups is 1. The van der Waals surface area contributed by atoms with Gasteiger partial charge >= 0.3 is 0 Å². The fraction of sp³-hybridized carbons (Fsp3) is 0.588. The topological polar surface area (TPSA) is 115 Å². The molecule has 3 aliphatic rings. The molecular weight excluding hydrogens is 358 g/mol. The first kappa shape index (κ1) is 18.3. The lowest BCUT2D eigenvalue weighted by Crippen LogP contribution is -2.61. The molecule has 2 fully saturated rings. The maximum absolute atomic E-state index is 13.3. The quantitative estimate of drug-likeness (QED) is 0.552. The average molecular weight is 379 g/mol. The molecule has 4 rings (SSSR count).